The Hall–Kier alpha value is -1.31. The molecular weight excluding hydrogens is 230 g/mol. The van der Waals surface area contributed by atoms with E-state index in [9.17, 15) is 0 Å². The van der Waals surface area contributed by atoms with Gasteiger partial charge in [0.1, 0.15) is 0 Å². The fourth-order valence-electron chi connectivity index (χ4n) is 2.06. The molecule has 17 heavy (non-hydrogen) atoms. The summed E-state index contributed by atoms with van der Waals surface area (Å²) in [5.74, 6) is 0. The highest BCUT2D eigenvalue weighted by atomic mass is 35.5. The van der Waals surface area contributed by atoms with Crippen LogP contribution >= 0.6 is 11.6 Å². The summed E-state index contributed by atoms with van der Waals surface area (Å²) in [6, 6.07) is 17.9. The minimum Gasteiger partial charge on any atom is -0.318 e. The van der Waals surface area contributed by atoms with Crippen LogP contribution in [-0.4, -0.2) is 0 Å². The summed E-state index contributed by atoms with van der Waals surface area (Å²) in [5.41, 5.74) is 8.33. The van der Waals surface area contributed by atoms with Gasteiger partial charge in [-0.05, 0) is 29.7 Å². The predicted octanol–water partition coefficient (Wildman–Crippen LogP) is 3.95. The Morgan fingerprint density at radius 2 is 1.47 bits per heavy atom. The van der Waals surface area contributed by atoms with Crippen LogP contribution < -0.4 is 5.73 Å². The molecule has 0 amide bonds. The first-order valence-corrected chi connectivity index (χ1v) is 6.15. The van der Waals surface area contributed by atoms with Crippen molar-refractivity contribution >= 4 is 11.6 Å². The van der Waals surface area contributed by atoms with Crippen LogP contribution in [0.2, 0.25) is 5.02 Å². The van der Waals surface area contributed by atoms with Crippen molar-refractivity contribution in [3.63, 3.8) is 0 Å². The summed E-state index contributed by atoms with van der Waals surface area (Å²) in [6.07, 6.45) is 0.846. The van der Waals surface area contributed by atoms with Crippen molar-refractivity contribution in [3.05, 3.63) is 70.7 Å². The molecule has 2 N–H and O–H groups in total. The number of hydrogen-bond acceptors (Lipinski definition) is 1. The van der Waals surface area contributed by atoms with Crippen LogP contribution in [-0.2, 0) is 5.54 Å². The predicted molar refractivity (Wildman–Crippen MR) is 73.2 cm³/mol. The number of halogens is 1. The fourth-order valence-corrected chi connectivity index (χ4v) is 2.18. The van der Waals surface area contributed by atoms with Crippen LogP contribution in [0.1, 0.15) is 24.5 Å². The molecule has 0 aromatic heterocycles. The lowest BCUT2D eigenvalue weighted by Crippen LogP contribution is -2.37. The molecule has 88 valence electrons. The largest absolute Gasteiger partial charge is 0.318 e. The molecule has 2 aromatic rings. The standard InChI is InChI=1S/C15H16ClN/c1-2-15(17,12-6-4-3-5-7-12)13-8-10-14(16)11-9-13/h3-11H,2,17H2,1H3. The monoisotopic (exact) mass is 245 g/mol. The molecule has 0 heterocycles. The van der Waals surface area contributed by atoms with Gasteiger partial charge in [-0.1, -0.05) is 61.0 Å². The summed E-state index contributed by atoms with van der Waals surface area (Å²) in [5, 5.41) is 0.736. The highest BCUT2D eigenvalue weighted by Crippen LogP contribution is 2.30. The van der Waals surface area contributed by atoms with Crippen molar-refractivity contribution in [2.45, 2.75) is 18.9 Å². The third-order valence-electron chi connectivity index (χ3n) is 3.21. The van der Waals surface area contributed by atoms with E-state index in [1.807, 2.05) is 42.5 Å². The molecule has 0 fully saturated rings. The lowest BCUT2D eigenvalue weighted by Gasteiger charge is -2.29. The van der Waals surface area contributed by atoms with Gasteiger partial charge in [0.15, 0.2) is 0 Å². The average Bonchev–Trinajstić information content (AvgIpc) is 2.40. The van der Waals surface area contributed by atoms with Crippen molar-refractivity contribution in [1.82, 2.24) is 0 Å². The zero-order chi connectivity index (χ0) is 12.3. The molecular formula is C15H16ClN. The summed E-state index contributed by atoms with van der Waals surface area (Å²) >= 11 is 5.91. The van der Waals surface area contributed by atoms with Gasteiger partial charge in [-0.15, -0.1) is 0 Å². The van der Waals surface area contributed by atoms with Crippen molar-refractivity contribution in [2.75, 3.05) is 0 Å². The summed E-state index contributed by atoms with van der Waals surface area (Å²) in [4.78, 5) is 0. The molecule has 0 spiro atoms. The number of benzene rings is 2. The number of hydrogen-bond donors (Lipinski definition) is 1. The Morgan fingerprint density at radius 3 is 2.00 bits per heavy atom. The second kappa shape index (κ2) is 4.91. The zero-order valence-corrected chi connectivity index (χ0v) is 10.6. The lowest BCUT2D eigenvalue weighted by atomic mass is 9.82. The Bertz CT molecular complexity index is 478. The molecule has 2 rings (SSSR count). The van der Waals surface area contributed by atoms with Crippen molar-refractivity contribution in [2.24, 2.45) is 5.73 Å². The molecule has 0 aliphatic rings. The quantitative estimate of drug-likeness (QED) is 0.871. The van der Waals surface area contributed by atoms with E-state index >= 15 is 0 Å². The third-order valence-corrected chi connectivity index (χ3v) is 3.46. The Balaban J connectivity index is 2.48. The van der Waals surface area contributed by atoms with Crippen molar-refractivity contribution in [1.29, 1.82) is 0 Å². The molecule has 1 unspecified atom stereocenters. The second-order valence-electron chi connectivity index (χ2n) is 4.20. The van der Waals surface area contributed by atoms with E-state index in [1.165, 1.54) is 0 Å². The van der Waals surface area contributed by atoms with Gasteiger partial charge in [-0.3, -0.25) is 0 Å². The Labute approximate surface area is 107 Å². The first-order chi connectivity index (χ1) is 8.16. The van der Waals surface area contributed by atoms with Gasteiger partial charge in [0.25, 0.3) is 0 Å². The number of rotatable bonds is 3. The summed E-state index contributed by atoms with van der Waals surface area (Å²) < 4.78 is 0. The molecule has 0 saturated heterocycles. The molecule has 0 saturated carbocycles. The van der Waals surface area contributed by atoms with E-state index in [1.54, 1.807) is 0 Å². The first-order valence-electron chi connectivity index (χ1n) is 5.77. The van der Waals surface area contributed by atoms with E-state index in [2.05, 4.69) is 19.1 Å². The average molecular weight is 246 g/mol. The van der Waals surface area contributed by atoms with Crippen LogP contribution in [0.5, 0.6) is 0 Å². The number of nitrogens with two attached hydrogens (primary N) is 1. The van der Waals surface area contributed by atoms with Crippen molar-refractivity contribution in [3.8, 4) is 0 Å². The molecule has 0 radical (unpaired) electrons. The SMILES string of the molecule is CCC(N)(c1ccccc1)c1ccc(Cl)cc1. The van der Waals surface area contributed by atoms with E-state index < -0.39 is 5.54 Å². The zero-order valence-electron chi connectivity index (χ0n) is 9.86. The third kappa shape index (κ3) is 2.36. The van der Waals surface area contributed by atoms with Gasteiger partial charge in [-0.2, -0.15) is 0 Å². The van der Waals surface area contributed by atoms with Crippen LogP contribution in [0.3, 0.4) is 0 Å². The Kier molecular flexibility index (Phi) is 3.51. The van der Waals surface area contributed by atoms with E-state index in [0.717, 1.165) is 22.6 Å². The van der Waals surface area contributed by atoms with E-state index in [-0.39, 0.29) is 0 Å². The molecule has 0 aliphatic carbocycles. The second-order valence-corrected chi connectivity index (χ2v) is 4.63. The minimum absolute atomic E-state index is 0.439. The maximum atomic E-state index is 6.55. The van der Waals surface area contributed by atoms with Crippen LogP contribution in [0.25, 0.3) is 0 Å². The molecule has 2 heteroatoms. The van der Waals surface area contributed by atoms with Gasteiger partial charge in [0.05, 0.1) is 5.54 Å². The highest BCUT2D eigenvalue weighted by molar-refractivity contribution is 6.30. The smallest absolute Gasteiger partial charge is 0.0662 e. The minimum atomic E-state index is -0.439. The molecule has 2 aromatic carbocycles. The fraction of sp³-hybridized carbons (Fsp3) is 0.200. The molecule has 0 bridgehead atoms. The maximum Gasteiger partial charge on any atom is 0.0662 e. The highest BCUT2D eigenvalue weighted by Gasteiger charge is 2.26. The van der Waals surface area contributed by atoms with Gasteiger partial charge in [0, 0.05) is 5.02 Å². The molecule has 0 aliphatic heterocycles. The summed E-state index contributed by atoms with van der Waals surface area (Å²) in [7, 11) is 0. The maximum absolute atomic E-state index is 6.55. The van der Waals surface area contributed by atoms with Crippen LogP contribution in [0, 0.1) is 0 Å². The van der Waals surface area contributed by atoms with E-state index in [4.69, 9.17) is 17.3 Å². The van der Waals surface area contributed by atoms with Crippen LogP contribution in [0.4, 0.5) is 0 Å². The van der Waals surface area contributed by atoms with Gasteiger partial charge in [-0.25, -0.2) is 0 Å². The topological polar surface area (TPSA) is 26.0 Å². The van der Waals surface area contributed by atoms with Gasteiger partial charge < -0.3 is 5.73 Å². The van der Waals surface area contributed by atoms with Gasteiger partial charge >= 0.3 is 0 Å². The normalized spacial score (nSPS) is 14.3. The van der Waals surface area contributed by atoms with E-state index in [0.29, 0.717) is 0 Å². The Morgan fingerprint density at radius 1 is 0.941 bits per heavy atom. The van der Waals surface area contributed by atoms with Gasteiger partial charge in [0.2, 0.25) is 0 Å². The lowest BCUT2D eigenvalue weighted by molar-refractivity contribution is 0.519. The van der Waals surface area contributed by atoms with Crippen molar-refractivity contribution < 1.29 is 0 Å². The molecule has 1 atom stereocenters. The van der Waals surface area contributed by atoms with Crippen LogP contribution in [0.15, 0.2) is 54.6 Å². The first kappa shape index (κ1) is 12.2. The summed E-state index contributed by atoms with van der Waals surface area (Å²) in [6.45, 7) is 2.10. The molecule has 1 nitrogen and oxygen atoms in total.